The van der Waals surface area contributed by atoms with Gasteiger partial charge in [0.2, 0.25) is 0 Å². The van der Waals surface area contributed by atoms with Crippen LogP contribution in [-0.4, -0.2) is 35.3 Å². The number of nitrogens with zero attached hydrogens (tertiary/aromatic N) is 3. The number of fused-ring (bicyclic) bond motifs is 1. The Balaban J connectivity index is 2.50. The van der Waals surface area contributed by atoms with Crippen LogP contribution in [0.1, 0.15) is 4.88 Å². The third-order valence-corrected chi connectivity index (χ3v) is 3.19. The van der Waals surface area contributed by atoms with Gasteiger partial charge in [-0.1, -0.05) is 0 Å². The summed E-state index contributed by atoms with van der Waals surface area (Å²) < 4.78 is 0. The van der Waals surface area contributed by atoms with Crippen molar-refractivity contribution in [3.05, 3.63) is 17.3 Å². The van der Waals surface area contributed by atoms with Crippen LogP contribution < -0.4 is 4.90 Å². The molecule has 1 N–H and O–H groups in total. The van der Waals surface area contributed by atoms with Gasteiger partial charge in [0.1, 0.15) is 17.0 Å². The SMILES string of the molecule is Cc1cc2c(N(C)CCO)ncnc2s1. The van der Waals surface area contributed by atoms with Gasteiger partial charge in [-0.25, -0.2) is 9.97 Å². The van der Waals surface area contributed by atoms with Gasteiger partial charge < -0.3 is 10.0 Å². The summed E-state index contributed by atoms with van der Waals surface area (Å²) >= 11 is 1.66. The molecular weight excluding hydrogens is 210 g/mol. The topological polar surface area (TPSA) is 49.2 Å². The fraction of sp³-hybridized carbons (Fsp3) is 0.400. The first-order valence-electron chi connectivity index (χ1n) is 4.75. The smallest absolute Gasteiger partial charge is 0.140 e. The number of likely N-dealkylation sites (N-methyl/N-ethyl adjacent to an activating group) is 1. The summed E-state index contributed by atoms with van der Waals surface area (Å²) in [7, 11) is 1.92. The van der Waals surface area contributed by atoms with Crippen LogP contribution in [0.25, 0.3) is 10.2 Å². The van der Waals surface area contributed by atoms with Gasteiger partial charge in [0, 0.05) is 18.5 Å². The Morgan fingerprint density at radius 2 is 2.27 bits per heavy atom. The van der Waals surface area contributed by atoms with Gasteiger partial charge in [-0.05, 0) is 13.0 Å². The molecule has 0 aliphatic heterocycles. The lowest BCUT2D eigenvalue weighted by atomic mass is 10.3. The van der Waals surface area contributed by atoms with Crippen LogP contribution in [-0.2, 0) is 0 Å². The summed E-state index contributed by atoms with van der Waals surface area (Å²) in [5.74, 6) is 0.887. The zero-order valence-corrected chi connectivity index (χ0v) is 9.58. The van der Waals surface area contributed by atoms with Crippen molar-refractivity contribution in [2.24, 2.45) is 0 Å². The summed E-state index contributed by atoms with van der Waals surface area (Å²) in [6.45, 7) is 2.77. The Bertz CT molecular complexity index is 469. The van der Waals surface area contributed by atoms with Crippen molar-refractivity contribution in [3.8, 4) is 0 Å². The number of aliphatic hydroxyl groups is 1. The molecule has 0 aromatic carbocycles. The van der Waals surface area contributed by atoms with Gasteiger partial charge in [0.05, 0.1) is 12.0 Å². The highest BCUT2D eigenvalue weighted by Gasteiger charge is 2.09. The van der Waals surface area contributed by atoms with E-state index in [2.05, 4.69) is 23.0 Å². The van der Waals surface area contributed by atoms with E-state index in [1.807, 2.05) is 11.9 Å². The summed E-state index contributed by atoms with van der Waals surface area (Å²) in [5, 5.41) is 9.96. The van der Waals surface area contributed by atoms with Crippen molar-refractivity contribution in [2.75, 3.05) is 25.1 Å². The van der Waals surface area contributed by atoms with E-state index in [0.29, 0.717) is 6.54 Å². The molecule has 0 aliphatic carbocycles. The third-order valence-electron chi connectivity index (χ3n) is 2.23. The van der Waals surface area contributed by atoms with Crippen molar-refractivity contribution >= 4 is 27.4 Å². The highest BCUT2D eigenvalue weighted by Crippen LogP contribution is 2.28. The van der Waals surface area contributed by atoms with E-state index in [9.17, 15) is 0 Å². The van der Waals surface area contributed by atoms with Gasteiger partial charge in [0.15, 0.2) is 0 Å². The van der Waals surface area contributed by atoms with Crippen molar-refractivity contribution in [3.63, 3.8) is 0 Å². The van der Waals surface area contributed by atoms with Crippen LogP contribution in [0.4, 0.5) is 5.82 Å². The van der Waals surface area contributed by atoms with Crippen LogP contribution in [0.5, 0.6) is 0 Å². The number of aromatic nitrogens is 2. The monoisotopic (exact) mass is 223 g/mol. The number of aliphatic hydroxyl groups excluding tert-OH is 1. The predicted molar refractivity (Wildman–Crippen MR) is 62.5 cm³/mol. The highest BCUT2D eigenvalue weighted by molar-refractivity contribution is 7.18. The van der Waals surface area contributed by atoms with Crippen molar-refractivity contribution in [1.82, 2.24) is 9.97 Å². The van der Waals surface area contributed by atoms with Crippen LogP contribution in [0.3, 0.4) is 0 Å². The molecule has 4 nitrogen and oxygen atoms in total. The Labute approximate surface area is 92.2 Å². The van der Waals surface area contributed by atoms with Crippen LogP contribution in [0.15, 0.2) is 12.4 Å². The maximum atomic E-state index is 8.89. The van der Waals surface area contributed by atoms with Crippen molar-refractivity contribution in [2.45, 2.75) is 6.92 Å². The lowest BCUT2D eigenvalue weighted by Crippen LogP contribution is -2.22. The molecule has 0 unspecified atom stereocenters. The fourth-order valence-electron chi connectivity index (χ4n) is 1.52. The van der Waals surface area contributed by atoms with Gasteiger partial charge in [-0.15, -0.1) is 11.3 Å². The molecule has 80 valence electrons. The van der Waals surface area contributed by atoms with E-state index in [-0.39, 0.29) is 6.61 Å². The fourth-order valence-corrected chi connectivity index (χ4v) is 2.37. The first-order valence-corrected chi connectivity index (χ1v) is 5.57. The maximum absolute atomic E-state index is 8.89. The molecule has 2 aromatic heterocycles. The highest BCUT2D eigenvalue weighted by atomic mass is 32.1. The molecule has 0 radical (unpaired) electrons. The molecule has 0 fully saturated rings. The molecule has 0 atom stereocenters. The van der Waals surface area contributed by atoms with Crippen molar-refractivity contribution in [1.29, 1.82) is 0 Å². The number of hydrogen-bond acceptors (Lipinski definition) is 5. The number of anilines is 1. The molecule has 0 amide bonds. The third kappa shape index (κ3) is 1.93. The minimum absolute atomic E-state index is 0.130. The molecule has 0 aliphatic rings. The van der Waals surface area contributed by atoms with E-state index in [1.165, 1.54) is 4.88 Å². The average Bonchev–Trinajstić information content (AvgIpc) is 2.57. The maximum Gasteiger partial charge on any atom is 0.140 e. The second-order valence-electron chi connectivity index (χ2n) is 3.42. The summed E-state index contributed by atoms with van der Waals surface area (Å²) in [6.07, 6.45) is 1.57. The van der Waals surface area contributed by atoms with Crippen LogP contribution in [0, 0.1) is 6.92 Å². The average molecular weight is 223 g/mol. The summed E-state index contributed by atoms with van der Waals surface area (Å²) in [5.41, 5.74) is 0. The molecule has 0 saturated heterocycles. The Morgan fingerprint density at radius 3 is 3.00 bits per heavy atom. The molecule has 5 heteroatoms. The van der Waals surface area contributed by atoms with Crippen LogP contribution in [0.2, 0.25) is 0 Å². The number of hydrogen-bond donors (Lipinski definition) is 1. The molecule has 15 heavy (non-hydrogen) atoms. The quantitative estimate of drug-likeness (QED) is 0.855. The lowest BCUT2D eigenvalue weighted by molar-refractivity contribution is 0.304. The first kappa shape index (κ1) is 10.3. The lowest BCUT2D eigenvalue weighted by Gasteiger charge is -2.16. The normalized spacial score (nSPS) is 10.9. The second-order valence-corrected chi connectivity index (χ2v) is 4.65. The summed E-state index contributed by atoms with van der Waals surface area (Å²) in [4.78, 5) is 12.6. The Morgan fingerprint density at radius 1 is 1.47 bits per heavy atom. The van der Waals surface area contributed by atoms with E-state index in [1.54, 1.807) is 17.7 Å². The van der Waals surface area contributed by atoms with Crippen LogP contribution >= 0.6 is 11.3 Å². The number of aryl methyl sites for hydroxylation is 1. The summed E-state index contributed by atoms with van der Waals surface area (Å²) in [6, 6.07) is 2.09. The zero-order valence-electron chi connectivity index (χ0n) is 8.77. The minimum Gasteiger partial charge on any atom is -0.395 e. The minimum atomic E-state index is 0.130. The first-order chi connectivity index (χ1) is 7.22. The van der Waals surface area contributed by atoms with Gasteiger partial charge >= 0.3 is 0 Å². The van der Waals surface area contributed by atoms with E-state index >= 15 is 0 Å². The molecule has 2 rings (SSSR count). The molecule has 0 spiro atoms. The predicted octanol–water partition coefficient (Wildman–Crippen LogP) is 1.43. The van der Waals surface area contributed by atoms with E-state index in [4.69, 9.17) is 5.11 Å². The van der Waals surface area contributed by atoms with E-state index in [0.717, 1.165) is 16.0 Å². The number of rotatable bonds is 3. The standard InChI is InChI=1S/C10H13N3OS/c1-7-5-8-9(13(2)3-4-14)11-6-12-10(8)15-7/h5-6,14H,3-4H2,1-2H3. The van der Waals surface area contributed by atoms with Gasteiger partial charge in [-0.3, -0.25) is 0 Å². The molecule has 2 heterocycles. The van der Waals surface area contributed by atoms with Crippen molar-refractivity contribution < 1.29 is 5.11 Å². The molecule has 2 aromatic rings. The van der Waals surface area contributed by atoms with Gasteiger partial charge in [0.25, 0.3) is 0 Å². The zero-order chi connectivity index (χ0) is 10.8. The molecule has 0 saturated carbocycles. The molecular formula is C10H13N3OS. The Hall–Kier alpha value is -1.20. The van der Waals surface area contributed by atoms with E-state index < -0.39 is 0 Å². The van der Waals surface area contributed by atoms with Gasteiger partial charge in [-0.2, -0.15) is 0 Å². The number of thiophene rings is 1. The Kier molecular flexibility index (Phi) is 2.83. The largest absolute Gasteiger partial charge is 0.395 e. The second kappa shape index (κ2) is 4.12. The molecule has 0 bridgehead atoms.